The van der Waals surface area contributed by atoms with Crippen LogP contribution in [-0.4, -0.2) is 6.54 Å². The van der Waals surface area contributed by atoms with Crippen molar-refractivity contribution in [3.05, 3.63) is 70.0 Å². The third kappa shape index (κ3) is 3.59. The lowest BCUT2D eigenvalue weighted by Gasteiger charge is -2.21. The zero-order valence-corrected chi connectivity index (χ0v) is 12.5. The average Bonchev–Trinajstić information content (AvgIpc) is 2.42. The average molecular weight is 292 g/mol. The first kappa shape index (κ1) is 15.0. The molecule has 0 heterocycles. The first-order valence-corrected chi connectivity index (χ1v) is 7.24. The van der Waals surface area contributed by atoms with E-state index in [0.29, 0.717) is 0 Å². The topological polar surface area (TPSA) is 12.0 Å². The summed E-state index contributed by atoms with van der Waals surface area (Å²) in [5, 5.41) is 4.24. The fourth-order valence-corrected chi connectivity index (χ4v) is 2.44. The molecule has 0 amide bonds. The largest absolute Gasteiger partial charge is 0.306 e. The summed E-state index contributed by atoms with van der Waals surface area (Å²) in [6.45, 7) is 4.97. The molecule has 1 unspecified atom stereocenters. The molecule has 1 nitrogen and oxygen atoms in total. The van der Waals surface area contributed by atoms with Crippen LogP contribution < -0.4 is 5.32 Å². The summed E-state index contributed by atoms with van der Waals surface area (Å²) in [7, 11) is 0. The first-order chi connectivity index (χ1) is 9.61. The number of hydrogen-bond donors (Lipinski definition) is 1. The monoisotopic (exact) mass is 291 g/mol. The Hall–Kier alpha value is -1.38. The molecular weight excluding hydrogens is 273 g/mol. The van der Waals surface area contributed by atoms with Crippen LogP contribution in [0, 0.1) is 12.7 Å². The Morgan fingerprint density at radius 3 is 2.45 bits per heavy atom. The van der Waals surface area contributed by atoms with Crippen LogP contribution in [0.25, 0.3) is 0 Å². The molecule has 106 valence electrons. The molecule has 1 N–H and O–H groups in total. The zero-order chi connectivity index (χ0) is 14.5. The van der Waals surface area contributed by atoms with Gasteiger partial charge in [-0.05, 0) is 60.8 Å². The molecule has 0 fully saturated rings. The van der Waals surface area contributed by atoms with E-state index >= 15 is 0 Å². The number of rotatable bonds is 5. The fraction of sp³-hybridized carbons (Fsp3) is 0.294. The Labute approximate surface area is 124 Å². The first-order valence-electron chi connectivity index (χ1n) is 6.86. The quantitative estimate of drug-likeness (QED) is 0.828. The van der Waals surface area contributed by atoms with Crippen molar-refractivity contribution in [1.29, 1.82) is 0 Å². The molecule has 0 saturated carbocycles. The van der Waals surface area contributed by atoms with Crippen LogP contribution in [0.3, 0.4) is 0 Å². The van der Waals surface area contributed by atoms with E-state index in [4.69, 9.17) is 11.6 Å². The van der Waals surface area contributed by atoms with E-state index in [-0.39, 0.29) is 11.9 Å². The Bertz CT molecular complexity index is 566. The van der Waals surface area contributed by atoms with Crippen molar-refractivity contribution < 1.29 is 4.39 Å². The van der Waals surface area contributed by atoms with Crippen LogP contribution in [0.4, 0.5) is 4.39 Å². The summed E-state index contributed by atoms with van der Waals surface area (Å²) in [6, 6.07) is 12.8. The van der Waals surface area contributed by atoms with Crippen molar-refractivity contribution in [3.8, 4) is 0 Å². The second-order valence-corrected chi connectivity index (χ2v) is 5.38. The molecule has 20 heavy (non-hydrogen) atoms. The molecule has 0 aromatic heterocycles. The van der Waals surface area contributed by atoms with Crippen molar-refractivity contribution in [2.75, 3.05) is 6.54 Å². The van der Waals surface area contributed by atoms with Gasteiger partial charge in [-0.2, -0.15) is 0 Å². The highest BCUT2D eigenvalue weighted by Gasteiger charge is 2.15. The van der Waals surface area contributed by atoms with E-state index in [1.807, 2.05) is 37.3 Å². The molecule has 0 aliphatic heterocycles. The third-order valence-electron chi connectivity index (χ3n) is 3.34. The lowest BCUT2D eigenvalue weighted by atomic mass is 9.95. The van der Waals surface area contributed by atoms with Gasteiger partial charge in [0.15, 0.2) is 0 Å². The minimum atomic E-state index is -0.198. The molecule has 0 aliphatic carbocycles. The molecule has 1 atom stereocenters. The van der Waals surface area contributed by atoms with Gasteiger partial charge in [-0.3, -0.25) is 0 Å². The summed E-state index contributed by atoms with van der Waals surface area (Å²) in [6.07, 6.45) is 1.05. The minimum Gasteiger partial charge on any atom is -0.306 e. The van der Waals surface area contributed by atoms with Crippen molar-refractivity contribution in [3.63, 3.8) is 0 Å². The Morgan fingerprint density at radius 1 is 1.15 bits per heavy atom. The second kappa shape index (κ2) is 6.87. The summed E-state index contributed by atoms with van der Waals surface area (Å²) >= 11 is 5.95. The molecule has 3 heteroatoms. The van der Waals surface area contributed by atoms with E-state index in [2.05, 4.69) is 12.2 Å². The fourth-order valence-electron chi connectivity index (χ4n) is 2.31. The maximum absolute atomic E-state index is 13.3. The van der Waals surface area contributed by atoms with Crippen LogP contribution in [0.15, 0.2) is 42.5 Å². The molecule has 2 aromatic carbocycles. The molecule has 2 rings (SSSR count). The van der Waals surface area contributed by atoms with E-state index in [9.17, 15) is 4.39 Å². The molecule has 0 aliphatic rings. The SMILES string of the molecule is CCCNC(c1ccc(Cl)cc1)c1ccc(F)cc1C. The Kier molecular flexibility index (Phi) is 5.16. The van der Waals surface area contributed by atoms with E-state index < -0.39 is 0 Å². The Morgan fingerprint density at radius 2 is 1.85 bits per heavy atom. The standard InChI is InChI=1S/C17H19ClFN/c1-3-10-20-17(13-4-6-14(18)7-5-13)16-9-8-15(19)11-12(16)2/h4-9,11,17,20H,3,10H2,1-2H3. The summed E-state index contributed by atoms with van der Waals surface area (Å²) in [5.74, 6) is -0.198. The van der Waals surface area contributed by atoms with Gasteiger partial charge in [-0.1, -0.05) is 36.7 Å². The van der Waals surface area contributed by atoms with E-state index in [1.54, 1.807) is 6.07 Å². The normalized spacial score (nSPS) is 12.4. The minimum absolute atomic E-state index is 0.0628. The van der Waals surface area contributed by atoms with Gasteiger partial charge >= 0.3 is 0 Å². The number of nitrogens with one attached hydrogen (secondary N) is 1. The van der Waals surface area contributed by atoms with E-state index in [1.165, 1.54) is 6.07 Å². The highest BCUT2D eigenvalue weighted by atomic mass is 35.5. The molecule has 2 aromatic rings. The van der Waals surface area contributed by atoms with Gasteiger partial charge in [-0.25, -0.2) is 4.39 Å². The van der Waals surface area contributed by atoms with Crippen molar-refractivity contribution in [2.24, 2.45) is 0 Å². The van der Waals surface area contributed by atoms with E-state index in [0.717, 1.165) is 34.7 Å². The zero-order valence-electron chi connectivity index (χ0n) is 11.8. The van der Waals surface area contributed by atoms with Gasteiger partial charge in [0, 0.05) is 5.02 Å². The van der Waals surface area contributed by atoms with Crippen LogP contribution in [0.2, 0.25) is 5.02 Å². The van der Waals surface area contributed by atoms with Crippen LogP contribution in [0.5, 0.6) is 0 Å². The van der Waals surface area contributed by atoms with Crippen molar-refractivity contribution in [1.82, 2.24) is 5.32 Å². The second-order valence-electron chi connectivity index (χ2n) is 4.94. The molecule has 0 saturated heterocycles. The van der Waals surface area contributed by atoms with Gasteiger partial charge in [0.05, 0.1) is 6.04 Å². The van der Waals surface area contributed by atoms with Crippen molar-refractivity contribution in [2.45, 2.75) is 26.3 Å². The summed E-state index contributed by atoms with van der Waals surface area (Å²) in [4.78, 5) is 0. The Balaban J connectivity index is 2.38. The summed E-state index contributed by atoms with van der Waals surface area (Å²) in [5.41, 5.74) is 3.19. The maximum atomic E-state index is 13.3. The predicted octanol–water partition coefficient (Wildman–Crippen LogP) is 4.88. The number of benzene rings is 2. The number of halogens is 2. The van der Waals surface area contributed by atoms with Crippen LogP contribution >= 0.6 is 11.6 Å². The van der Waals surface area contributed by atoms with Gasteiger partial charge < -0.3 is 5.32 Å². The van der Waals surface area contributed by atoms with Crippen LogP contribution in [-0.2, 0) is 0 Å². The number of hydrogen-bond acceptors (Lipinski definition) is 1. The lowest BCUT2D eigenvalue weighted by molar-refractivity contribution is 0.590. The third-order valence-corrected chi connectivity index (χ3v) is 3.60. The molecular formula is C17H19ClFN. The molecule has 0 bridgehead atoms. The molecule has 0 spiro atoms. The predicted molar refractivity (Wildman–Crippen MR) is 82.7 cm³/mol. The van der Waals surface area contributed by atoms with Gasteiger partial charge in [-0.15, -0.1) is 0 Å². The highest BCUT2D eigenvalue weighted by molar-refractivity contribution is 6.30. The highest BCUT2D eigenvalue weighted by Crippen LogP contribution is 2.26. The number of aryl methyl sites for hydroxylation is 1. The van der Waals surface area contributed by atoms with Gasteiger partial charge in [0.1, 0.15) is 5.82 Å². The van der Waals surface area contributed by atoms with Gasteiger partial charge in [0.2, 0.25) is 0 Å². The molecule has 0 radical (unpaired) electrons. The summed E-state index contributed by atoms with van der Waals surface area (Å²) < 4.78 is 13.3. The smallest absolute Gasteiger partial charge is 0.123 e. The van der Waals surface area contributed by atoms with Crippen molar-refractivity contribution >= 4 is 11.6 Å². The lowest BCUT2D eigenvalue weighted by Crippen LogP contribution is -2.24. The van der Waals surface area contributed by atoms with Crippen LogP contribution in [0.1, 0.15) is 36.1 Å². The van der Waals surface area contributed by atoms with Gasteiger partial charge in [0.25, 0.3) is 0 Å². The maximum Gasteiger partial charge on any atom is 0.123 e.